The minimum Gasteiger partial charge on any atom is -0.478 e. The summed E-state index contributed by atoms with van der Waals surface area (Å²) in [7, 11) is 0. The number of rotatable bonds is 4. The predicted molar refractivity (Wildman–Crippen MR) is 80.2 cm³/mol. The molecule has 0 spiro atoms. The van der Waals surface area contributed by atoms with E-state index in [2.05, 4.69) is 0 Å². The van der Waals surface area contributed by atoms with Crippen molar-refractivity contribution in [2.75, 3.05) is 0 Å². The van der Waals surface area contributed by atoms with Gasteiger partial charge in [0.2, 0.25) is 0 Å². The average molecular weight is 342 g/mol. The summed E-state index contributed by atoms with van der Waals surface area (Å²) in [6.45, 7) is 0. The van der Waals surface area contributed by atoms with Crippen LogP contribution in [0.4, 0.5) is 13.2 Å². The molecule has 4 nitrogen and oxygen atoms in total. The van der Waals surface area contributed by atoms with Gasteiger partial charge in [0, 0.05) is 6.08 Å². The van der Waals surface area contributed by atoms with Crippen molar-refractivity contribution in [2.24, 2.45) is 11.8 Å². The number of carboxylic acid groups (broad SMARTS) is 1. The van der Waals surface area contributed by atoms with Crippen LogP contribution in [-0.4, -0.2) is 23.2 Å². The first-order chi connectivity index (χ1) is 11.3. The van der Waals surface area contributed by atoms with E-state index >= 15 is 0 Å². The summed E-state index contributed by atoms with van der Waals surface area (Å²) in [6, 6.07) is 6.20. The Morgan fingerprint density at radius 2 is 1.67 bits per heavy atom. The number of hydrogen-bond acceptors (Lipinski definition) is 3. The monoisotopic (exact) mass is 342 g/mol. The molecule has 1 saturated carbocycles. The normalized spacial score (nSPS) is 21.6. The molecule has 0 aromatic heterocycles. The zero-order chi connectivity index (χ0) is 17.7. The number of carboxylic acids is 1. The molecule has 7 heteroatoms. The summed E-state index contributed by atoms with van der Waals surface area (Å²) in [5.74, 6) is -3.16. The van der Waals surface area contributed by atoms with Gasteiger partial charge in [0.25, 0.3) is 0 Å². The summed E-state index contributed by atoms with van der Waals surface area (Å²) in [5.41, 5.74) is 0.628. The van der Waals surface area contributed by atoms with Gasteiger partial charge in [-0.2, -0.15) is 13.2 Å². The molecule has 24 heavy (non-hydrogen) atoms. The van der Waals surface area contributed by atoms with Gasteiger partial charge in [-0.15, -0.1) is 0 Å². The van der Waals surface area contributed by atoms with Crippen LogP contribution in [0.2, 0.25) is 0 Å². The van der Waals surface area contributed by atoms with Crippen molar-refractivity contribution in [1.82, 2.24) is 0 Å². The Hall–Kier alpha value is -2.31. The molecule has 1 aliphatic rings. The first-order valence-corrected chi connectivity index (χ1v) is 7.55. The molecule has 0 unspecified atom stereocenters. The fourth-order valence-electron chi connectivity index (χ4n) is 2.67. The molecule has 0 aliphatic heterocycles. The van der Waals surface area contributed by atoms with Crippen molar-refractivity contribution in [1.29, 1.82) is 0 Å². The number of alkyl halides is 3. The maximum Gasteiger partial charge on any atom is 0.391 e. The van der Waals surface area contributed by atoms with E-state index in [1.807, 2.05) is 0 Å². The summed E-state index contributed by atoms with van der Waals surface area (Å²) < 4.78 is 43.0. The summed E-state index contributed by atoms with van der Waals surface area (Å²) in [4.78, 5) is 22.4. The Labute approximate surface area is 136 Å². The van der Waals surface area contributed by atoms with Crippen molar-refractivity contribution in [3.8, 4) is 5.75 Å². The lowest BCUT2D eigenvalue weighted by Gasteiger charge is -2.28. The Morgan fingerprint density at radius 3 is 2.17 bits per heavy atom. The number of ether oxygens (including phenoxy) is 1. The fraction of sp³-hybridized carbons (Fsp3) is 0.412. The highest BCUT2D eigenvalue weighted by Gasteiger charge is 2.42. The van der Waals surface area contributed by atoms with Gasteiger partial charge in [0.15, 0.2) is 0 Å². The van der Waals surface area contributed by atoms with E-state index in [0.717, 1.165) is 6.08 Å². The van der Waals surface area contributed by atoms with Crippen LogP contribution >= 0.6 is 0 Å². The molecule has 0 amide bonds. The van der Waals surface area contributed by atoms with Gasteiger partial charge in [-0.1, -0.05) is 12.1 Å². The minimum absolute atomic E-state index is 0.0534. The molecule has 0 heterocycles. The van der Waals surface area contributed by atoms with Crippen molar-refractivity contribution in [3.05, 3.63) is 35.9 Å². The van der Waals surface area contributed by atoms with Gasteiger partial charge >= 0.3 is 18.1 Å². The van der Waals surface area contributed by atoms with Crippen LogP contribution < -0.4 is 4.74 Å². The molecule has 0 saturated heterocycles. The Kier molecular flexibility index (Phi) is 5.64. The third-order valence-corrected chi connectivity index (χ3v) is 4.04. The van der Waals surface area contributed by atoms with Crippen LogP contribution in [0, 0.1) is 11.8 Å². The van der Waals surface area contributed by atoms with E-state index in [9.17, 15) is 22.8 Å². The van der Waals surface area contributed by atoms with Crippen LogP contribution in [0.3, 0.4) is 0 Å². The minimum atomic E-state index is -4.20. The first-order valence-electron chi connectivity index (χ1n) is 7.55. The van der Waals surface area contributed by atoms with Gasteiger partial charge in [0.05, 0.1) is 11.8 Å². The van der Waals surface area contributed by atoms with Crippen LogP contribution in [0.15, 0.2) is 30.3 Å². The second kappa shape index (κ2) is 7.51. The van der Waals surface area contributed by atoms with E-state index in [4.69, 9.17) is 9.84 Å². The number of aliphatic carboxylic acids is 1. The third kappa shape index (κ3) is 5.11. The number of benzene rings is 1. The molecule has 1 aromatic rings. The van der Waals surface area contributed by atoms with Crippen LogP contribution in [0.25, 0.3) is 6.08 Å². The first kappa shape index (κ1) is 18.0. The van der Waals surface area contributed by atoms with E-state index in [0.29, 0.717) is 5.56 Å². The van der Waals surface area contributed by atoms with E-state index in [1.54, 1.807) is 12.1 Å². The number of hydrogen-bond donors (Lipinski definition) is 1. The van der Waals surface area contributed by atoms with Crippen molar-refractivity contribution in [2.45, 2.75) is 31.9 Å². The number of carbonyl (C=O) groups is 2. The van der Waals surface area contributed by atoms with Gasteiger partial charge in [-0.3, -0.25) is 4.79 Å². The second-order valence-corrected chi connectivity index (χ2v) is 5.75. The van der Waals surface area contributed by atoms with Gasteiger partial charge in [-0.25, -0.2) is 4.79 Å². The lowest BCUT2D eigenvalue weighted by Crippen LogP contribution is -2.31. The lowest BCUT2D eigenvalue weighted by atomic mass is 9.82. The molecule has 1 aliphatic carbocycles. The molecule has 1 aromatic carbocycles. The standard InChI is InChI=1S/C17H17F3O4/c18-17(19,20)13-6-4-12(5-7-13)16(23)24-14-8-1-11(2-9-14)3-10-15(21)22/h1-3,8-10,12-13H,4-7H2,(H,21,22)/b10-3+. The second-order valence-electron chi connectivity index (χ2n) is 5.75. The fourth-order valence-corrected chi connectivity index (χ4v) is 2.67. The maximum absolute atomic E-state index is 12.6. The van der Waals surface area contributed by atoms with Crippen molar-refractivity contribution in [3.63, 3.8) is 0 Å². The zero-order valence-corrected chi connectivity index (χ0v) is 12.8. The van der Waals surface area contributed by atoms with Crippen LogP contribution in [0.1, 0.15) is 31.2 Å². The molecule has 1 N–H and O–H groups in total. The molecule has 0 atom stereocenters. The number of halogens is 3. The summed E-state index contributed by atoms with van der Waals surface area (Å²) in [6.07, 6.45) is -1.59. The quantitative estimate of drug-likeness (QED) is 0.509. The molecular weight excluding hydrogens is 325 g/mol. The smallest absolute Gasteiger partial charge is 0.391 e. The molecule has 1 fully saturated rings. The molecule has 2 rings (SSSR count). The summed E-state index contributed by atoms with van der Waals surface area (Å²) >= 11 is 0. The number of esters is 1. The topological polar surface area (TPSA) is 63.6 Å². The molecule has 0 bridgehead atoms. The lowest BCUT2D eigenvalue weighted by molar-refractivity contribution is -0.185. The number of carbonyl (C=O) groups excluding carboxylic acids is 1. The highest BCUT2D eigenvalue weighted by Crippen LogP contribution is 2.39. The maximum atomic E-state index is 12.6. The molecule has 130 valence electrons. The highest BCUT2D eigenvalue weighted by molar-refractivity contribution is 5.85. The predicted octanol–water partition coefficient (Wildman–Crippen LogP) is 4.06. The molecule has 0 radical (unpaired) electrons. The third-order valence-electron chi connectivity index (χ3n) is 4.04. The highest BCUT2D eigenvalue weighted by atomic mass is 19.4. The Balaban J connectivity index is 1.88. The van der Waals surface area contributed by atoms with E-state index in [1.165, 1.54) is 18.2 Å². The average Bonchev–Trinajstić information content (AvgIpc) is 2.53. The van der Waals surface area contributed by atoms with Crippen molar-refractivity contribution >= 4 is 18.0 Å². The van der Waals surface area contributed by atoms with Gasteiger partial charge in [-0.05, 0) is 49.5 Å². The molecular formula is C17H17F3O4. The van der Waals surface area contributed by atoms with Crippen LogP contribution in [0.5, 0.6) is 5.75 Å². The largest absolute Gasteiger partial charge is 0.478 e. The van der Waals surface area contributed by atoms with Gasteiger partial charge < -0.3 is 9.84 Å². The van der Waals surface area contributed by atoms with E-state index in [-0.39, 0.29) is 31.4 Å². The zero-order valence-electron chi connectivity index (χ0n) is 12.8. The summed E-state index contributed by atoms with van der Waals surface area (Å²) in [5, 5.41) is 8.53. The Morgan fingerprint density at radius 1 is 1.08 bits per heavy atom. The van der Waals surface area contributed by atoms with Crippen LogP contribution in [-0.2, 0) is 9.59 Å². The SMILES string of the molecule is O=C(O)/C=C/c1ccc(OC(=O)C2CCC(C(F)(F)F)CC2)cc1. The Bertz CT molecular complexity index is 612. The van der Waals surface area contributed by atoms with E-state index < -0.39 is 30.0 Å². The van der Waals surface area contributed by atoms with Crippen molar-refractivity contribution < 1.29 is 32.6 Å². The van der Waals surface area contributed by atoms with Gasteiger partial charge in [0.1, 0.15) is 5.75 Å².